The van der Waals surface area contributed by atoms with E-state index >= 15 is 0 Å². The molecule has 0 spiro atoms. The van der Waals surface area contributed by atoms with Crippen molar-refractivity contribution in [3.05, 3.63) is 59.2 Å². The number of hydrogen-bond donors (Lipinski definition) is 0. The number of nitrogens with zero attached hydrogens (tertiary/aromatic N) is 3. The highest BCUT2D eigenvalue weighted by atomic mass is 16.5. The molecule has 0 bridgehead atoms. The Bertz CT molecular complexity index is 868. The molecule has 0 atom stereocenters. The number of aryl methyl sites for hydroxylation is 1. The quantitative estimate of drug-likeness (QED) is 0.702. The zero-order chi connectivity index (χ0) is 21.1. The first-order chi connectivity index (χ1) is 14.5. The summed E-state index contributed by atoms with van der Waals surface area (Å²) in [5.41, 5.74) is 5.20. The van der Waals surface area contributed by atoms with Crippen LogP contribution >= 0.6 is 0 Å². The number of benzene rings is 2. The SMILES string of the molecule is COc1ccc(CN(C(=O)CN2CCN(c3cccc(C)c3C)CC2)C2CC2)cc1. The second-order valence-electron chi connectivity index (χ2n) is 8.58. The van der Waals surface area contributed by atoms with Gasteiger partial charge in [0.15, 0.2) is 0 Å². The molecule has 0 aromatic heterocycles. The third kappa shape index (κ3) is 4.78. The summed E-state index contributed by atoms with van der Waals surface area (Å²) in [6, 6.07) is 15.0. The Morgan fingerprint density at radius 3 is 2.37 bits per heavy atom. The van der Waals surface area contributed by atoms with Gasteiger partial charge in [0, 0.05) is 44.5 Å². The van der Waals surface area contributed by atoms with Crippen molar-refractivity contribution in [3.63, 3.8) is 0 Å². The first-order valence-corrected chi connectivity index (χ1v) is 11.0. The fraction of sp³-hybridized carbons (Fsp3) is 0.480. The monoisotopic (exact) mass is 407 g/mol. The van der Waals surface area contributed by atoms with Crippen LogP contribution in [0.5, 0.6) is 5.75 Å². The van der Waals surface area contributed by atoms with Gasteiger partial charge in [-0.15, -0.1) is 0 Å². The summed E-state index contributed by atoms with van der Waals surface area (Å²) in [4.78, 5) is 20.0. The van der Waals surface area contributed by atoms with E-state index in [1.54, 1.807) is 7.11 Å². The zero-order valence-corrected chi connectivity index (χ0v) is 18.4. The number of ether oxygens (including phenoxy) is 1. The molecule has 1 saturated heterocycles. The molecular formula is C25H33N3O2. The molecular weight excluding hydrogens is 374 g/mol. The largest absolute Gasteiger partial charge is 0.497 e. The third-order valence-corrected chi connectivity index (χ3v) is 6.47. The molecule has 5 heteroatoms. The molecule has 160 valence electrons. The third-order valence-electron chi connectivity index (χ3n) is 6.47. The minimum atomic E-state index is 0.258. The van der Waals surface area contributed by atoms with Gasteiger partial charge in [0.2, 0.25) is 5.91 Å². The van der Waals surface area contributed by atoms with Gasteiger partial charge in [-0.2, -0.15) is 0 Å². The summed E-state index contributed by atoms with van der Waals surface area (Å²) in [7, 11) is 1.68. The normalized spacial score (nSPS) is 17.1. The molecule has 2 aromatic carbocycles. The van der Waals surface area contributed by atoms with Crippen LogP contribution in [0, 0.1) is 13.8 Å². The van der Waals surface area contributed by atoms with Crippen LogP contribution in [0.4, 0.5) is 5.69 Å². The molecule has 0 N–H and O–H groups in total. The standard InChI is InChI=1S/C25H33N3O2/c1-19-5-4-6-24(20(19)2)27-15-13-26(14-16-27)18-25(29)28(22-9-10-22)17-21-7-11-23(30-3)12-8-21/h4-8,11-12,22H,9-10,13-18H2,1-3H3. The highest BCUT2D eigenvalue weighted by Gasteiger charge is 2.33. The molecule has 30 heavy (non-hydrogen) atoms. The number of carbonyl (C=O) groups excluding carboxylic acids is 1. The van der Waals surface area contributed by atoms with E-state index < -0.39 is 0 Å². The van der Waals surface area contributed by atoms with Crippen molar-refractivity contribution in [2.24, 2.45) is 0 Å². The number of piperazine rings is 1. The van der Waals surface area contributed by atoms with E-state index in [0.29, 0.717) is 19.1 Å². The predicted molar refractivity (Wildman–Crippen MR) is 121 cm³/mol. The maximum absolute atomic E-state index is 13.1. The summed E-state index contributed by atoms with van der Waals surface area (Å²) in [5.74, 6) is 1.11. The molecule has 1 heterocycles. The molecule has 0 unspecified atom stereocenters. The maximum Gasteiger partial charge on any atom is 0.237 e. The highest BCUT2D eigenvalue weighted by molar-refractivity contribution is 5.79. The van der Waals surface area contributed by atoms with Crippen molar-refractivity contribution in [1.29, 1.82) is 0 Å². The van der Waals surface area contributed by atoms with E-state index in [1.165, 1.54) is 16.8 Å². The van der Waals surface area contributed by atoms with Gasteiger partial charge in [-0.1, -0.05) is 24.3 Å². The predicted octanol–water partition coefficient (Wildman–Crippen LogP) is 3.63. The number of carbonyl (C=O) groups is 1. The molecule has 2 aromatic rings. The summed E-state index contributed by atoms with van der Waals surface area (Å²) in [5, 5.41) is 0. The van der Waals surface area contributed by atoms with Gasteiger partial charge in [-0.25, -0.2) is 0 Å². The molecule has 1 aliphatic carbocycles. The van der Waals surface area contributed by atoms with Gasteiger partial charge in [-0.05, 0) is 61.6 Å². The Labute approximate surface area is 180 Å². The first kappa shape index (κ1) is 20.7. The van der Waals surface area contributed by atoms with Crippen LogP contribution in [0.25, 0.3) is 0 Å². The number of hydrogen-bond acceptors (Lipinski definition) is 4. The topological polar surface area (TPSA) is 36.0 Å². The van der Waals surface area contributed by atoms with Crippen molar-refractivity contribution in [2.75, 3.05) is 44.7 Å². The van der Waals surface area contributed by atoms with Crippen LogP contribution in [0.3, 0.4) is 0 Å². The molecule has 4 rings (SSSR count). The Morgan fingerprint density at radius 2 is 1.73 bits per heavy atom. The van der Waals surface area contributed by atoms with Crippen LogP contribution in [-0.4, -0.2) is 61.6 Å². The van der Waals surface area contributed by atoms with E-state index in [9.17, 15) is 4.79 Å². The second-order valence-corrected chi connectivity index (χ2v) is 8.58. The summed E-state index contributed by atoms with van der Waals surface area (Å²) in [6.45, 7) is 9.39. The lowest BCUT2D eigenvalue weighted by Crippen LogP contribution is -2.50. The van der Waals surface area contributed by atoms with E-state index in [1.807, 2.05) is 12.1 Å². The van der Waals surface area contributed by atoms with Crippen LogP contribution < -0.4 is 9.64 Å². The molecule has 1 saturated carbocycles. The van der Waals surface area contributed by atoms with Crippen molar-refractivity contribution < 1.29 is 9.53 Å². The maximum atomic E-state index is 13.1. The fourth-order valence-electron chi connectivity index (χ4n) is 4.24. The van der Waals surface area contributed by atoms with Crippen molar-refractivity contribution >= 4 is 11.6 Å². The van der Waals surface area contributed by atoms with Gasteiger partial charge in [0.1, 0.15) is 5.75 Å². The van der Waals surface area contributed by atoms with Gasteiger partial charge in [0.05, 0.1) is 13.7 Å². The zero-order valence-electron chi connectivity index (χ0n) is 18.4. The van der Waals surface area contributed by atoms with Crippen molar-refractivity contribution in [2.45, 2.75) is 39.3 Å². The summed E-state index contributed by atoms with van der Waals surface area (Å²) < 4.78 is 5.25. The highest BCUT2D eigenvalue weighted by Crippen LogP contribution is 2.29. The number of rotatable bonds is 7. The molecule has 0 radical (unpaired) electrons. The van der Waals surface area contributed by atoms with Crippen LogP contribution in [0.15, 0.2) is 42.5 Å². The van der Waals surface area contributed by atoms with Gasteiger partial charge in [0.25, 0.3) is 0 Å². The van der Waals surface area contributed by atoms with Gasteiger partial charge < -0.3 is 14.5 Å². The fourth-order valence-corrected chi connectivity index (χ4v) is 4.24. The Hall–Kier alpha value is -2.53. The Morgan fingerprint density at radius 1 is 1.03 bits per heavy atom. The van der Waals surface area contributed by atoms with E-state index in [4.69, 9.17) is 4.74 Å². The van der Waals surface area contributed by atoms with Crippen molar-refractivity contribution in [1.82, 2.24) is 9.80 Å². The van der Waals surface area contributed by atoms with E-state index in [-0.39, 0.29) is 5.91 Å². The van der Waals surface area contributed by atoms with Crippen LogP contribution in [-0.2, 0) is 11.3 Å². The average Bonchev–Trinajstić information content (AvgIpc) is 3.60. The average molecular weight is 408 g/mol. The first-order valence-electron chi connectivity index (χ1n) is 11.0. The summed E-state index contributed by atoms with van der Waals surface area (Å²) >= 11 is 0. The van der Waals surface area contributed by atoms with Crippen LogP contribution in [0.2, 0.25) is 0 Å². The minimum Gasteiger partial charge on any atom is -0.497 e. The Kier molecular flexibility index (Phi) is 6.28. The number of amides is 1. The second kappa shape index (κ2) is 9.09. The molecule has 2 fully saturated rings. The van der Waals surface area contributed by atoms with E-state index in [2.05, 4.69) is 58.9 Å². The molecule has 1 aliphatic heterocycles. The lowest BCUT2D eigenvalue weighted by Gasteiger charge is -2.37. The molecule has 1 amide bonds. The smallest absolute Gasteiger partial charge is 0.237 e. The van der Waals surface area contributed by atoms with Gasteiger partial charge in [-0.3, -0.25) is 9.69 Å². The van der Waals surface area contributed by atoms with Crippen molar-refractivity contribution in [3.8, 4) is 5.75 Å². The summed E-state index contributed by atoms with van der Waals surface area (Å²) in [6.07, 6.45) is 2.25. The Balaban J connectivity index is 1.33. The lowest BCUT2D eigenvalue weighted by molar-refractivity contribution is -0.133. The minimum absolute atomic E-state index is 0.258. The lowest BCUT2D eigenvalue weighted by atomic mass is 10.1. The number of anilines is 1. The number of methoxy groups -OCH3 is 1. The van der Waals surface area contributed by atoms with Gasteiger partial charge >= 0.3 is 0 Å². The van der Waals surface area contributed by atoms with E-state index in [0.717, 1.165) is 50.3 Å². The molecule has 5 nitrogen and oxygen atoms in total. The molecule has 2 aliphatic rings. The van der Waals surface area contributed by atoms with Crippen LogP contribution in [0.1, 0.15) is 29.5 Å².